The molecule has 1 aliphatic rings. The molecule has 1 rings (SSSR count). The van der Waals surface area contributed by atoms with E-state index < -0.39 is 5.60 Å². The predicted molar refractivity (Wildman–Crippen MR) is 59.7 cm³/mol. The molecule has 0 unspecified atom stereocenters. The van der Waals surface area contributed by atoms with E-state index in [0.29, 0.717) is 6.04 Å². The van der Waals surface area contributed by atoms with E-state index in [1.54, 1.807) is 0 Å². The van der Waals surface area contributed by atoms with Crippen molar-refractivity contribution in [2.45, 2.75) is 51.8 Å². The molecule has 0 aromatic heterocycles. The first-order chi connectivity index (χ1) is 6.88. The van der Waals surface area contributed by atoms with E-state index in [2.05, 4.69) is 10.6 Å². The lowest BCUT2D eigenvalue weighted by Crippen LogP contribution is -2.45. The van der Waals surface area contributed by atoms with Gasteiger partial charge in [0.25, 0.3) is 0 Å². The number of esters is 1. The zero-order chi connectivity index (χ0) is 11.5. The first-order valence-electron chi connectivity index (χ1n) is 5.58. The molecule has 0 amide bonds. The van der Waals surface area contributed by atoms with Crippen LogP contribution in [0.3, 0.4) is 0 Å². The average molecular weight is 214 g/mol. The van der Waals surface area contributed by atoms with Gasteiger partial charge in [-0.15, -0.1) is 0 Å². The van der Waals surface area contributed by atoms with Gasteiger partial charge >= 0.3 is 5.97 Å². The Morgan fingerprint density at radius 3 is 2.67 bits per heavy atom. The second-order valence-electron chi connectivity index (χ2n) is 5.11. The summed E-state index contributed by atoms with van der Waals surface area (Å²) in [5.41, 5.74) is -0.402. The zero-order valence-electron chi connectivity index (χ0n) is 10.1. The summed E-state index contributed by atoms with van der Waals surface area (Å²) in [7, 11) is 0. The highest BCUT2D eigenvalue weighted by Crippen LogP contribution is 2.09. The Kier molecular flexibility index (Phi) is 4.11. The molecule has 0 radical (unpaired) electrons. The van der Waals surface area contributed by atoms with Crippen LogP contribution in [-0.2, 0) is 9.53 Å². The molecule has 15 heavy (non-hydrogen) atoms. The summed E-state index contributed by atoms with van der Waals surface area (Å²) >= 11 is 0. The predicted octanol–water partition coefficient (Wildman–Crippen LogP) is 0.668. The summed E-state index contributed by atoms with van der Waals surface area (Å²) in [5, 5.41) is 6.51. The van der Waals surface area contributed by atoms with Crippen LogP contribution in [0, 0.1) is 0 Å². The molecule has 0 bridgehead atoms. The number of hydrogen-bond donors (Lipinski definition) is 2. The van der Waals surface area contributed by atoms with E-state index in [9.17, 15) is 4.79 Å². The fourth-order valence-electron chi connectivity index (χ4n) is 1.61. The molecule has 4 nitrogen and oxygen atoms in total. The molecule has 1 saturated heterocycles. The minimum atomic E-state index is -0.402. The Hall–Kier alpha value is -0.610. The summed E-state index contributed by atoms with van der Waals surface area (Å²) in [4.78, 5) is 11.6. The monoisotopic (exact) mass is 214 g/mol. The number of carbonyl (C=O) groups is 1. The zero-order valence-corrected chi connectivity index (χ0v) is 10.1. The third-order valence-corrected chi connectivity index (χ3v) is 2.31. The largest absolute Gasteiger partial charge is 0.459 e. The highest BCUT2D eigenvalue weighted by molar-refractivity contribution is 5.75. The van der Waals surface area contributed by atoms with Gasteiger partial charge in [-0.1, -0.05) is 0 Å². The molecular weight excluding hydrogens is 192 g/mol. The van der Waals surface area contributed by atoms with Crippen molar-refractivity contribution < 1.29 is 9.53 Å². The summed E-state index contributed by atoms with van der Waals surface area (Å²) < 4.78 is 5.29. The SMILES string of the molecule is C[C@H](N[C@H]1CCNC1)C(=O)OC(C)(C)C. The van der Waals surface area contributed by atoms with Crippen LogP contribution in [0.5, 0.6) is 0 Å². The maximum absolute atomic E-state index is 11.6. The van der Waals surface area contributed by atoms with E-state index in [0.717, 1.165) is 19.5 Å². The normalized spacial score (nSPS) is 23.9. The first-order valence-corrected chi connectivity index (χ1v) is 5.58. The van der Waals surface area contributed by atoms with Gasteiger partial charge in [0, 0.05) is 12.6 Å². The lowest BCUT2D eigenvalue weighted by molar-refractivity contribution is -0.157. The van der Waals surface area contributed by atoms with Crippen molar-refractivity contribution in [2.75, 3.05) is 13.1 Å². The van der Waals surface area contributed by atoms with Crippen LogP contribution in [0.2, 0.25) is 0 Å². The summed E-state index contributed by atoms with van der Waals surface area (Å²) in [6, 6.07) is 0.168. The van der Waals surface area contributed by atoms with Crippen LogP contribution in [0.25, 0.3) is 0 Å². The van der Waals surface area contributed by atoms with Gasteiger partial charge in [0.05, 0.1) is 0 Å². The number of nitrogens with one attached hydrogen (secondary N) is 2. The van der Waals surface area contributed by atoms with Crippen molar-refractivity contribution in [1.82, 2.24) is 10.6 Å². The molecule has 0 saturated carbocycles. The molecule has 2 atom stereocenters. The van der Waals surface area contributed by atoms with Crippen molar-refractivity contribution in [3.8, 4) is 0 Å². The van der Waals surface area contributed by atoms with Gasteiger partial charge in [-0.3, -0.25) is 4.79 Å². The Morgan fingerprint density at radius 2 is 2.20 bits per heavy atom. The van der Waals surface area contributed by atoms with Crippen LogP contribution < -0.4 is 10.6 Å². The Balaban J connectivity index is 2.32. The maximum atomic E-state index is 11.6. The summed E-state index contributed by atoms with van der Waals surface area (Å²) in [5.74, 6) is -0.172. The lowest BCUT2D eigenvalue weighted by atomic mass is 10.2. The maximum Gasteiger partial charge on any atom is 0.323 e. The van der Waals surface area contributed by atoms with Gasteiger partial charge in [-0.2, -0.15) is 0 Å². The van der Waals surface area contributed by atoms with Gasteiger partial charge < -0.3 is 15.4 Å². The second kappa shape index (κ2) is 4.94. The number of carbonyl (C=O) groups excluding carboxylic acids is 1. The van der Waals surface area contributed by atoms with Crippen molar-refractivity contribution in [1.29, 1.82) is 0 Å². The van der Waals surface area contributed by atoms with Crippen LogP contribution >= 0.6 is 0 Å². The van der Waals surface area contributed by atoms with E-state index >= 15 is 0 Å². The lowest BCUT2D eigenvalue weighted by Gasteiger charge is -2.24. The van der Waals surface area contributed by atoms with Crippen LogP contribution in [-0.4, -0.2) is 36.7 Å². The third-order valence-electron chi connectivity index (χ3n) is 2.31. The topological polar surface area (TPSA) is 50.4 Å². The Labute approximate surface area is 91.8 Å². The molecular formula is C11H22N2O2. The molecule has 88 valence electrons. The number of hydrogen-bond acceptors (Lipinski definition) is 4. The van der Waals surface area contributed by atoms with Gasteiger partial charge in [-0.25, -0.2) is 0 Å². The molecule has 0 spiro atoms. The van der Waals surface area contributed by atoms with Gasteiger partial charge in [-0.05, 0) is 40.7 Å². The van der Waals surface area contributed by atoms with Crippen LogP contribution in [0.15, 0.2) is 0 Å². The number of ether oxygens (including phenoxy) is 1. The smallest absolute Gasteiger partial charge is 0.323 e. The molecule has 4 heteroatoms. The fraction of sp³-hybridized carbons (Fsp3) is 0.909. The molecule has 0 aromatic carbocycles. The van der Waals surface area contributed by atoms with Gasteiger partial charge in [0.1, 0.15) is 11.6 Å². The van der Waals surface area contributed by atoms with Crippen molar-refractivity contribution in [3.05, 3.63) is 0 Å². The quantitative estimate of drug-likeness (QED) is 0.678. The Morgan fingerprint density at radius 1 is 1.53 bits per heavy atom. The van der Waals surface area contributed by atoms with Crippen molar-refractivity contribution in [3.63, 3.8) is 0 Å². The first kappa shape index (κ1) is 12.5. The van der Waals surface area contributed by atoms with Gasteiger partial charge in [0.15, 0.2) is 0 Å². The minimum Gasteiger partial charge on any atom is -0.459 e. The highest BCUT2D eigenvalue weighted by atomic mass is 16.6. The molecule has 0 aromatic rings. The van der Waals surface area contributed by atoms with Crippen molar-refractivity contribution in [2.24, 2.45) is 0 Å². The van der Waals surface area contributed by atoms with Crippen LogP contribution in [0.1, 0.15) is 34.1 Å². The molecule has 1 aliphatic heterocycles. The second-order valence-corrected chi connectivity index (χ2v) is 5.11. The van der Waals surface area contributed by atoms with E-state index in [4.69, 9.17) is 4.74 Å². The van der Waals surface area contributed by atoms with Crippen LogP contribution in [0.4, 0.5) is 0 Å². The average Bonchev–Trinajstić information content (AvgIpc) is 2.53. The summed E-state index contributed by atoms with van der Waals surface area (Å²) in [6.45, 7) is 9.47. The van der Waals surface area contributed by atoms with E-state index in [1.165, 1.54) is 0 Å². The minimum absolute atomic E-state index is 0.172. The van der Waals surface area contributed by atoms with Crippen molar-refractivity contribution >= 4 is 5.97 Å². The standard InChI is InChI=1S/C11H22N2O2/c1-8(10(14)15-11(2,3)4)13-9-5-6-12-7-9/h8-9,12-13H,5-7H2,1-4H3/t8-,9-/m0/s1. The Bertz CT molecular complexity index is 217. The third kappa shape index (κ3) is 4.62. The number of rotatable bonds is 3. The van der Waals surface area contributed by atoms with E-state index in [-0.39, 0.29) is 12.0 Å². The van der Waals surface area contributed by atoms with Gasteiger partial charge in [0.2, 0.25) is 0 Å². The fourth-order valence-corrected chi connectivity index (χ4v) is 1.61. The van der Waals surface area contributed by atoms with E-state index in [1.807, 2.05) is 27.7 Å². The highest BCUT2D eigenvalue weighted by Gasteiger charge is 2.24. The molecule has 1 fully saturated rings. The molecule has 1 heterocycles. The summed E-state index contributed by atoms with van der Waals surface area (Å²) in [6.07, 6.45) is 1.08. The molecule has 2 N–H and O–H groups in total. The molecule has 0 aliphatic carbocycles.